The van der Waals surface area contributed by atoms with Crippen molar-refractivity contribution in [2.75, 3.05) is 14.2 Å². The van der Waals surface area contributed by atoms with Crippen molar-refractivity contribution < 1.29 is 42.1 Å². The minimum atomic E-state index is -3.06. The van der Waals surface area contributed by atoms with Crippen LogP contribution in [0.15, 0.2) is 18.2 Å². The van der Waals surface area contributed by atoms with Crippen molar-refractivity contribution in [1.29, 1.82) is 0 Å². The Balaban J connectivity index is 2.20. The van der Waals surface area contributed by atoms with Crippen molar-refractivity contribution in [1.82, 2.24) is 4.98 Å². The summed E-state index contributed by atoms with van der Waals surface area (Å²) in [6, 6.07) is 3.50. The monoisotopic (exact) mass is 425 g/mol. The summed E-state index contributed by atoms with van der Waals surface area (Å²) in [6.45, 7) is 1.50. The van der Waals surface area contributed by atoms with E-state index < -0.39 is 30.4 Å². The summed E-state index contributed by atoms with van der Waals surface area (Å²) in [4.78, 5) is 39.8. The highest BCUT2D eigenvalue weighted by atomic mass is 19.3. The van der Waals surface area contributed by atoms with Crippen LogP contribution in [-0.4, -0.2) is 49.6 Å². The number of H-pyrrole nitrogens is 1. The molecule has 1 aromatic heterocycles. The molecule has 1 N–H and O–H groups in total. The third kappa shape index (κ3) is 4.76. The molecule has 0 saturated carbocycles. The number of ketones is 1. The normalized spacial score (nSPS) is 11.7. The first-order chi connectivity index (χ1) is 14.1. The molecule has 0 aliphatic rings. The standard InChI is InChI=1S/C20H21F2NO7/c1-9-15(19(26)28-5)10(2)23-16(9)17(24)11(3)29-18(25)12-6-7-13(30-20(21)22)14(8-12)27-4/h6-8,11,20,23H,1-5H3. The zero-order valence-corrected chi connectivity index (χ0v) is 17.0. The number of rotatable bonds is 8. The summed E-state index contributed by atoms with van der Waals surface area (Å²) in [7, 11) is 2.45. The number of halogens is 2. The van der Waals surface area contributed by atoms with Crippen LogP contribution >= 0.6 is 0 Å². The molecule has 1 aromatic carbocycles. The fourth-order valence-corrected chi connectivity index (χ4v) is 2.88. The molecule has 1 unspecified atom stereocenters. The molecule has 10 heteroatoms. The zero-order valence-electron chi connectivity index (χ0n) is 17.0. The van der Waals surface area contributed by atoms with E-state index in [9.17, 15) is 23.2 Å². The molecule has 0 radical (unpaired) electrons. The van der Waals surface area contributed by atoms with E-state index in [1.165, 1.54) is 27.2 Å². The number of alkyl halides is 2. The average Bonchev–Trinajstić information content (AvgIpc) is 3.00. The zero-order chi connectivity index (χ0) is 22.6. The fraction of sp³-hybridized carbons (Fsp3) is 0.350. The SMILES string of the molecule is COC(=O)c1c(C)[nH]c(C(=O)C(C)OC(=O)c2ccc(OC(F)F)c(OC)c2)c1C. The minimum absolute atomic E-state index is 0.0252. The molecule has 2 aromatic rings. The Morgan fingerprint density at radius 3 is 2.27 bits per heavy atom. The van der Waals surface area contributed by atoms with E-state index >= 15 is 0 Å². The van der Waals surface area contributed by atoms with Gasteiger partial charge >= 0.3 is 18.6 Å². The highest BCUT2D eigenvalue weighted by Gasteiger charge is 2.28. The minimum Gasteiger partial charge on any atom is -0.493 e. The van der Waals surface area contributed by atoms with Crippen molar-refractivity contribution in [2.24, 2.45) is 0 Å². The van der Waals surface area contributed by atoms with Gasteiger partial charge in [0.15, 0.2) is 17.6 Å². The van der Waals surface area contributed by atoms with E-state index in [2.05, 4.69) is 9.72 Å². The predicted molar refractivity (Wildman–Crippen MR) is 100 cm³/mol. The molecule has 0 bridgehead atoms. The Morgan fingerprint density at radius 2 is 1.70 bits per heavy atom. The number of hydrogen-bond donors (Lipinski definition) is 1. The quantitative estimate of drug-likeness (QED) is 0.510. The molecule has 1 atom stereocenters. The number of ether oxygens (including phenoxy) is 4. The Hall–Kier alpha value is -3.43. The van der Waals surface area contributed by atoms with E-state index in [0.29, 0.717) is 11.3 Å². The number of nitrogens with one attached hydrogen (secondary N) is 1. The summed E-state index contributed by atoms with van der Waals surface area (Å²) >= 11 is 0. The van der Waals surface area contributed by atoms with Gasteiger partial charge in [0.2, 0.25) is 5.78 Å². The van der Waals surface area contributed by atoms with Crippen LogP contribution in [0.1, 0.15) is 49.4 Å². The summed E-state index contributed by atoms with van der Waals surface area (Å²) in [5.41, 5.74) is 1.15. The van der Waals surface area contributed by atoms with Gasteiger partial charge in [0.25, 0.3) is 0 Å². The Bertz CT molecular complexity index is 968. The van der Waals surface area contributed by atoms with Gasteiger partial charge in [-0.3, -0.25) is 4.79 Å². The smallest absolute Gasteiger partial charge is 0.387 e. The van der Waals surface area contributed by atoms with Gasteiger partial charge in [-0.2, -0.15) is 8.78 Å². The molecule has 8 nitrogen and oxygen atoms in total. The lowest BCUT2D eigenvalue weighted by atomic mass is 10.1. The van der Waals surface area contributed by atoms with Crippen molar-refractivity contribution in [3.8, 4) is 11.5 Å². The molecular weight excluding hydrogens is 404 g/mol. The van der Waals surface area contributed by atoms with E-state index in [1.54, 1.807) is 13.8 Å². The first kappa shape index (κ1) is 22.9. The number of aromatic nitrogens is 1. The van der Waals surface area contributed by atoms with E-state index in [4.69, 9.17) is 14.2 Å². The van der Waals surface area contributed by atoms with Crippen molar-refractivity contribution >= 4 is 17.7 Å². The first-order valence-corrected chi connectivity index (χ1v) is 8.76. The van der Waals surface area contributed by atoms with Gasteiger partial charge < -0.3 is 23.9 Å². The number of carbonyl (C=O) groups is 3. The molecule has 1 heterocycles. The van der Waals surface area contributed by atoms with Gasteiger partial charge in [0, 0.05) is 5.69 Å². The molecule has 30 heavy (non-hydrogen) atoms. The topological polar surface area (TPSA) is 104 Å². The first-order valence-electron chi connectivity index (χ1n) is 8.76. The molecule has 0 amide bonds. The largest absolute Gasteiger partial charge is 0.493 e. The molecule has 0 aliphatic carbocycles. The summed E-state index contributed by atoms with van der Waals surface area (Å²) in [6.07, 6.45) is -1.19. The molecule has 0 aliphatic heterocycles. The van der Waals surface area contributed by atoms with Crippen LogP contribution in [0.4, 0.5) is 8.78 Å². The van der Waals surface area contributed by atoms with Crippen LogP contribution in [0.3, 0.4) is 0 Å². The van der Waals surface area contributed by atoms with E-state index in [1.807, 2.05) is 0 Å². The van der Waals surface area contributed by atoms with Gasteiger partial charge in [-0.15, -0.1) is 0 Å². The highest BCUT2D eigenvalue weighted by molar-refractivity contribution is 6.04. The number of aryl methyl sites for hydroxylation is 1. The molecular formula is C20H21F2NO7. The van der Waals surface area contributed by atoms with Crippen LogP contribution < -0.4 is 9.47 Å². The number of aromatic amines is 1. The number of esters is 2. The van der Waals surface area contributed by atoms with E-state index in [0.717, 1.165) is 12.1 Å². The lowest BCUT2D eigenvalue weighted by Gasteiger charge is -2.14. The molecule has 0 saturated heterocycles. The number of Topliss-reactive ketones (excluding diaryl/α,β-unsaturated/α-hetero) is 1. The van der Waals surface area contributed by atoms with Crippen LogP contribution in [-0.2, 0) is 9.47 Å². The van der Waals surface area contributed by atoms with Crippen LogP contribution in [0.2, 0.25) is 0 Å². The Labute approximate surface area is 171 Å². The summed E-state index contributed by atoms with van der Waals surface area (Å²) in [5, 5.41) is 0. The Kier molecular flexibility index (Phi) is 7.14. The maximum absolute atomic E-state index is 12.7. The van der Waals surface area contributed by atoms with Crippen LogP contribution in [0.5, 0.6) is 11.5 Å². The second-order valence-electron chi connectivity index (χ2n) is 6.27. The molecule has 2 rings (SSSR count). The molecule has 0 spiro atoms. The number of carbonyl (C=O) groups excluding carboxylic acids is 3. The average molecular weight is 425 g/mol. The van der Waals surface area contributed by atoms with E-state index in [-0.39, 0.29) is 28.3 Å². The fourth-order valence-electron chi connectivity index (χ4n) is 2.88. The van der Waals surface area contributed by atoms with Gasteiger partial charge in [-0.1, -0.05) is 0 Å². The number of hydrogen-bond acceptors (Lipinski definition) is 7. The second-order valence-corrected chi connectivity index (χ2v) is 6.27. The summed E-state index contributed by atoms with van der Waals surface area (Å²) < 4.78 is 44.0. The summed E-state index contributed by atoms with van der Waals surface area (Å²) in [5.74, 6) is -2.36. The predicted octanol–water partition coefficient (Wildman–Crippen LogP) is 3.46. The molecule has 162 valence electrons. The number of methoxy groups -OCH3 is 2. The highest BCUT2D eigenvalue weighted by Crippen LogP contribution is 2.30. The van der Waals surface area contributed by atoms with Crippen LogP contribution in [0.25, 0.3) is 0 Å². The maximum atomic E-state index is 12.7. The maximum Gasteiger partial charge on any atom is 0.387 e. The third-order valence-corrected chi connectivity index (χ3v) is 4.34. The third-order valence-electron chi connectivity index (χ3n) is 4.34. The van der Waals surface area contributed by atoms with Crippen molar-refractivity contribution in [2.45, 2.75) is 33.5 Å². The van der Waals surface area contributed by atoms with Crippen molar-refractivity contribution in [3.05, 3.63) is 46.3 Å². The van der Waals surface area contributed by atoms with Crippen LogP contribution in [0, 0.1) is 13.8 Å². The lowest BCUT2D eigenvalue weighted by molar-refractivity contribution is -0.0512. The second kappa shape index (κ2) is 9.38. The van der Waals surface area contributed by atoms with Gasteiger partial charge in [-0.05, 0) is 44.5 Å². The number of benzene rings is 1. The van der Waals surface area contributed by atoms with Gasteiger partial charge in [0.05, 0.1) is 31.0 Å². The Morgan fingerprint density at radius 1 is 1.03 bits per heavy atom. The van der Waals surface area contributed by atoms with Crippen molar-refractivity contribution in [3.63, 3.8) is 0 Å². The molecule has 0 fully saturated rings. The van der Waals surface area contributed by atoms with Gasteiger partial charge in [0.1, 0.15) is 0 Å². The lowest BCUT2D eigenvalue weighted by Crippen LogP contribution is -2.25. The van der Waals surface area contributed by atoms with Gasteiger partial charge in [-0.25, -0.2) is 9.59 Å².